The zero-order valence-corrected chi connectivity index (χ0v) is 11.1. The highest BCUT2D eigenvalue weighted by Gasteiger charge is 2.08. The highest BCUT2D eigenvalue weighted by Crippen LogP contribution is 2.09. The normalized spacial score (nSPS) is 10.3. The third kappa shape index (κ3) is 3.41. The highest BCUT2D eigenvalue weighted by atomic mass is 19.1. The molecular weight excluding hydrogens is 260 g/mol. The van der Waals surface area contributed by atoms with Crippen LogP contribution in [0.1, 0.15) is 21.5 Å². The van der Waals surface area contributed by atoms with Gasteiger partial charge in [-0.3, -0.25) is 4.79 Å². The van der Waals surface area contributed by atoms with Crippen LogP contribution in [0.4, 0.5) is 8.78 Å². The molecule has 0 aliphatic carbocycles. The van der Waals surface area contributed by atoms with E-state index in [2.05, 4.69) is 5.32 Å². The molecule has 1 amide bonds. The van der Waals surface area contributed by atoms with Crippen LogP contribution >= 0.6 is 0 Å². The number of rotatable bonds is 4. The molecule has 0 radical (unpaired) electrons. The fourth-order valence-electron chi connectivity index (χ4n) is 1.85. The van der Waals surface area contributed by atoms with Crippen LogP contribution in [0.2, 0.25) is 0 Å². The predicted octanol–water partition coefficient (Wildman–Crippen LogP) is 3.25. The standard InChI is InChI=1S/C16H15F2NO/c1-11-6-7-13(10-15(11)18)16(20)19-9-8-12-4-2-3-5-14(12)17/h2-7,10H,8-9H2,1H3,(H,19,20). The molecule has 0 bridgehead atoms. The first-order valence-corrected chi connectivity index (χ1v) is 6.35. The van der Waals surface area contributed by atoms with Crippen molar-refractivity contribution in [3.8, 4) is 0 Å². The Labute approximate surface area is 116 Å². The lowest BCUT2D eigenvalue weighted by molar-refractivity contribution is 0.0953. The molecule has 0 aliphatic heterocycles. The summed E-state index contributed by atoms with van der Waals surface area (Å²) in [5.74, 6) is -1.06. The molecule has 0 fully saturated rings. The Hall–Kier alpha value is -2.23. The summed E-state index contributed by atoms with van der Waals surface area (Å²) in [4.78, 5) is 11.8. The van der Waals surface area contributed by atoms with Crippen LogP contribution in [0, 0.1) is 18.6 Å². The Morgan fingerprint density at radius 3 is 2.55 bits per heavy atom. The van der Waals surface area contributed by atoms with Crippen LogP contribution < -0.4 is 5.32 Å². The summed E-state index contributed by atoms with van der Waals surface area (Å²) in [5.41, 5.74) is 1.30. The van der Waals surface area contributed by atoms with Gasteiger partial charge in [-0.25, -0.2) is 8.78 Å². The van der Waals surface area contributed by atoms with Crippen LogP contribution in [-0.4, -0.2) is 12.5 Å². The summed E-state index contributed by atoms with van der Waals surface area (Å²) < 4.78 is 26.7. The second-order valence-electron chi connectivity index (χ2n) is 4.56. The third-order valence-corrected chi connectivity index (χ3v) is 3.07. The maximum Gasteiger partial charge on any atom is 0.251 e. The largest absolute Gasteiger partial charge is 0.352 e. The lowest BCUT2D eigenvalue weighted by Crippen LogP contribution is -2.26. The minimum atomic E-state index is -0.410. The van der Waals surface area contributed by atoms with Crippen molar-refractivity contribution in [3.63, 3.8) is 0 Å². The number of nitrogens with one attached hydrogen (secondary N) is 1. The Kier molecular flexibility index (Phi) is 4.45. The maximum absolute atomic E-state index is 13.4. The van der Waals surface area contributed by atoms with Crippen molar-refractivity contribution in [2.75, 3.05) is 6.54 Å². The highest BCUT2D eigenvalue weighted by molar-refractivity contribution is 5.94. The van der Waals surface area contributed by atoms with Gasteiger partial charge in [0.15, 0.2) is 0 Å². The third-order valence-electron chi connectivity index (χ3n) is 3.07. The molecule has 4 heteroatoms. The summed E-state index contributed by atoms with van der Waals surface area (Å²) in [6.45, 7) is 1.93. The van der Waals surface area contributed by atoms with Gasteiger partial charge in [-0.05, 0) is 42.7 Å². The molecule has 0 spiro atoms. The summed E-state index contributed by atoms with van der Waals surface area (Å²) in [7, 11) is 0. The van der Waals surface area contributed by atoms with E-state index >= 15 is 0 Å². The molecule has 2 aromatic rings. The van der Waals surface area contributed by atoms with Crippen molar-refractivity contribution in [2.24, 2.45) is 0 Å². The Balaban J connectivity index is 1.92. The number of carbonyl (C=O) groups is 1. The molecule has 1 N–H and O–H groups in total. The smallest absolute Gasteiger partial charge is 0.251 e. The van der Waals surface area contributed by atoms with Crippen molar-refractivity contribution in [2.45, 2.75) is 13.3 Å². The molecule has 20 heavy (non-hydrogen) atoms. The van der Waals surface area contributed by atoms with Crippen molar-refractivity contribution in [3.05, 3.63) is 70.8 Å². The van der Waals surface area contributed by atoms with Gasteiger partial charge < -0.3 is 5.32 Å². The number of carbonyl (C=O) groups excluding carboxylic acids is 1. The van der Waals surface area contributed by atoms with Crippen LogP contribution in [-0.2, 0) is 6.42 Å². The maximum atomic E-state index is 13.4. The Morgan fingerprint density at radius 2 is 1.85 bits per heavy atom. The minimum Gasteiger partial charge on any atom is -0.352 e. The van der Waals surface area contributed by atoms with Gasteiger partial charge in [0.05, 0.1) is 0 Å². The topological polar surface area (TPSA) is 29.1 Å². The van der Waals surface area contributed by atoms with Crippen molar-refractivity contribution in [1.82, 2.24) is 5.32 Å². The molecule has 2 aromatic carbocycles. The lowest BCUT2D eigenvalue weighted by atomic mass is 10.1. The van der Waals surface area contributed by atoms with Crippen molar-refractivity contribution in [1.29, 1.82) is 0 Å². The van der Waals surface area contributed by atoms with Crippen molar-refractivity contribution >= 4 is 5.91 Å². The molecule has 104 valence electrons. The SMILES string of the molecule is Cc1ccc(C(=O)NCCc2ccccc2F)cc1F. The molecule has 0 heterocycles. The second kappa shape index (κ2) is 6.28. The quantitative estimate of drug-likeness (QED) is 0.911. The molecule has 0 aromatic heterocycles. The second-order valence-corrected chi connectivity index (χ2v) is 4.56. The van der Waals surface area contributed by atoms with Crippen molar-refractivity contribution < 1.29 is 13.6 Å². The number of amides is 1. The van der Waals surface area contributed by atoms with E-state index in [4.69, 9.17) is 0 Å². The minimum absolute atomic E-state index is 0.265. The lowest BCUT2D eigenvalue weighted by Gasteiger charge is -2.07. The van der Waals surface area contributed by atoms with Gasteiger partial charge in [-0.2, -0.15) is 0 Å². The molecule has 0 atom stereocenters. The molecule has 0 saturated heterocycles. The number of benzene rings is 2. The summed E-state index contributed by atoms with van der Waals surface area (Å²) in [6, 6.07) is 10.7. The van der Waals surface area contributed by atoms with Gasteiger partial charge in [0.2, 0.25) is 0 Å². The average Bonchev–Trinajstić information content (AvgIpc) is 2.44. The fourth-order valence-corrected chi connectivity index (χ4v) is 1.85. The zero-order valence-electron chi connectivity index (χ0n) is 11.1. The van der Waals surface area contributed by atoms with Crippen LogP contribution in [0.5, 0.6) is 0 Å². The predicted molar refractivity (Wildman–Crippen MR) is 73.6 cm³/mol. The fraction of sp³-hybridized carbons (Fsp3) is 0.188. The number of halogens is 2. The first-order valence-electron chi connectivity index (χ1n) is 6.35. The molecule has 0 aliphatic rings. The Bertz CT molecular complexity index is 626. The van der Waals surface area contributed by atoms with E-state index in [1.54, 1.807) is 37.3 Å². The first-order chi connectivity index (χ1) is 9.58. The molecule has 0 unspecified atom stereocenters. The van der Waals surface area contributed by atoms with Gasteiger partial charge in [0, 0.05) is 12.1 Å². The van der Waals surface area contributed by atoms with E-state index in [1.165, 1.54) is 12.1 Å². The zero-order chi connectivity index (χ0) is 14.5. The van der Waals surface area contributed by atoms with E-state index in [0.29, 0.717) is 24.1 Å². The molecular formula is C16H15F2NO. The monoisotopic (exact) mass is 275 g/mol. The molecule has 2 nitrogen and oxygen atoms in total. The van der Waals surface area contributed by atoms with Gasteiger partial charge >= 0.3 is 0 Å². The van der Waals surface area contributed by atoms with E-state index in [0.717, 1.165) is 0 Å². The van der Waals surface area contributed by atoms with E-state index in [1.807, 2.05) is 0 Å². The summed E-state index contributed by atoms with van der Waals surface area (Å²) in [5, 5.41) is 2.65. The first kappa shape index (κ1) is 14.2. The van der Waals surface area contributed by atoms with E-state index in [9.17, 15) is 13.6 Å². The van der Waals surface area contributed by atoms with Gasteiger partial charge in [-0.15, -0.1) is 0 Å². The van der Waals surface area contributed by atoms with E-state index in [-0.39, 0.29) is 17.3 Å². The van der Waals surface area contributed by atoms with Gasteiger partial charge in [0.1, 0.15) is 11.6 Å². The van der Waals surface area contributed by atoms with Crippen LogP contribution in [0.25, 0.3) is 0 Å². The number of hydrogen-bond donors (Lipinski definition) is 1. The Morgan fingerprint density at radius 1 is 1.10 bits per heavy atom. The van der Waals surface area contributed by atoms with Gasteiger partial charge in [-0.1, -0.05) is 24.3 Å². The van der Waals surface area contributed by atoms with E-state index < -0.39 is 5.82 Å². The number of hydrogen-bond acceptors (Lipinski definition) is 1. The summed E-state index contributed by atoms with van der Waals surface area (Å²) >= 11 is 0. The van der Waals surface area contributed by atoms with Gasteiger partial charge in [0.25, 0.3) is 5.91 Å². The summed E-state index contributed by atoms with van der Waals surface area (Å²) in [6.07, 6.45) is 0.396. The van der Waals surface area contributed by atoms with Crippen LogP contribution in [0.3, 0.4) is 0 Å². The number of aryl methyl sites for hydroxylation is 1. The molecule has 2 rings (SSSR count). The average molecular weight is 275 g/mol. The molecule has 0 saturated carbocycles. The van der Waals surface area contributed by atoms with Crippen LogP contribution in [0.15, 0.2) is 42.5 Å².